The standard InChI is InChI=1S/C20H22FN7O4S.C19H19FN8O4S.C19H20FN7O5S/c1-6-15-14(9-13(21)10-22-15)12(3)32-20(29)24-19-18(25-27-28(19)4)17-8-7-16(11(2)23-17)26-33(5,30)31;1-10-14(26-33(4,30)31)5-6-15(23-10)17-18(28(3)27-25-17)24-19(29)32-11(2)13-7-12(20)9-22-16(13)8-21;1-10-14(25-33(4,30)31)5-6-15(22-10)17-18(27(3)26-24-17)23-19(29)32-11(2)13-7-12(20)8-21-16(13)9-28/h6-10,12,26H,1H2,2-5H3,(H,24,29);5-7,9,11,26H,1-4H3,(H,24,29);5-9,11,25H,1-4H3,(H,23,29)/t12-;2*11-/m111/s1. The summed E-state index contributed by atoms with van der Waals surface area (Å²) in [6.45, 7) is 13.0. The van der Waals surface area contributed by atoms with E-state index in [4.69, 9.17) is 19.5 Å². The Morgan fingerprint density at radius 2 is 0.828 bits per heavy atom. The summed E-state index contributed by atoms with van der Waals surface area (Å²) >= 11 is 0. The minimum atomic E-state index is -3.48. The first-order chi connectivity index (χ1) is 46.4. The number of carbonyl (C=O) groups is 4. The minimum absolute atomic E-state index is 0.0537. The molecule has 35 nitrogen and oxygen atoms in total. The van der Waals surface area contributed by atoms with E-state index in [-0.39, 0.29) is 57.1 Å². The van der Waals surface area contributed by atoms with Crippen LogP contribution in [-0.4, -0.2) is 143 Å². The number of nitrogens with one attached hydrogen (secondary N) is 6. The van der Waals surface area contributed by atoms with E-state index in [2.05, 4.69) is 97.5 Å². The summed E-state index contributed by atoms with van der Waals surface area (Å²) in [5, 5.41) is 40.4. The lowest BCUT2D eigenvalue weighted by molar-refractivity contribution is 0.108. The van der Waals surface area contributed by atoms with Crippen molar-refractivity contribution in [1.29, 1.82) is 5.26 Å². The monoisotopic (exact) mass is 1430 g/mol. The number of halogens is 3. The molecule has 9 aromatic rings. The second-order valence-electron chi connectivity index (χ2n) is 21.1. The number of pyridine rings is 6. The molecule has 9 rings (SSSR count). The number of amides is 3. The van der Waals surface area contributed by atoms with E-state index < -0.39 is 84.1 Å². The summed E-state index contributed by atoms with van der Waals surface area (Å²) in [5.74, 6) is -1.42. The highest BCUT2D eigenvalue weighted by Crippen LogP contribution is 2.32. The molecule has 0 aliphatic carbocycles. The molecule has 0 aliphatic heterocycles. The SMILES string of the molecule is C=Cc1ncc(F)cc1[C@@H](C)OC(=O)Nc1c(-c2ccc(NS(C)(=O)=O)c(C)n2)nnn1C.Cc1nc(-c2nnn(C)c2NC(=O)O[C@H](C)c2cc(F)cnc2C#N)ccc1NS(C)(=O)=O.Cc1nc(-c2nnn(C)c2NC(=O)O[C@H](C)c2cc(F)cnc2C=O)ccc1NS(C)(=O)=O. The molecular formula is C58H61F3N22O13S3. The Kier molecular flexibility index (Phi) is 23.5. The maximum absolute atomic E-state index is 13.6. The number of sulfonamides is 3. The van der Waals surface area contributed by atoms with Crippen LogP contribution in [0, 0.1) is 49.6 Å². The first kappa shape index (κ1) is 74.5. The van der Waals surface area contributed by atoms with E-state index in [0.717, 1.165) is 49.5 Å². The van der Waals surface area contributed by atoms with Gasteiger partial charge < -0.3 is 14.2 Å². The normalized spacial score (nSPS) is 12.1. The Bertz CT molecular complexity index is 4790. The number of aldehydes is 1. The minimum Gasteiger partial charge on any atom is -0.441 e. The van der Waals surface area contributed by atoms with E-state index in [1.165, 1.54) is 84.5 Å². The molecule has 520 valence electrons. The van der Waals surface area contributed by atoms with Crippen molar-refractivity contribution in [1.82, 2.24) is 74.9 Å². The molecule has 0 fully saturated rings. The Balaban J connectivity index is 0.000000209. The van der Waals surface area contributed by atoms with Crippen LogP contribution < -0.4 is 30.1 Å². The van der Waals surface area contributed by atoms with Crippen molar-refractivity contribution < 1.29 is 71.8 Å². The summed E-state index contributed by atoms with van der Waals surface area (Å²) in [6.07, 6.45) is 2.35. The van der Waals surface area contributed by atoms with E-state index in [0.29, 0.717) is 68.8 Å². The zero-order chi connectivity index (χ0) is 73.0. The second-order valence-corrected chi connectivity index (χ2v) is 26.4. The molecule has 6 N–H and O–H groups in total. The van der Waals surface area contributed by atoms with Crippen molar-refractivity contribution in [3.63, 3.8) is 0 Å². The van der Waals surface area contributed by atoms with Crippen LogP contribution in [-0.2, 0) is 65.4 Å². The van der Waals surface area contributed by atoms with E-state index in [9.17, 15) is 57.6 Å². The van der Waals surface area contributed by atoms with Crippen molar-refractivity contribution in [2.45, 2.75) is 59.9 Å². The van der Waals surface area contributed by atoms with Crippen LogP contribution in [0.3, 0.4) is 0 Å². The van der Waals surface area contributed by atoms with Crippen molar-refractivity contribution in [2.24, 2.45) is 21.1 Å². The highest BCUT2D eigenvalue weighted by Gasteiger charge is 2.26. The summed E-state index contributed by atoms with van der Waals surface area (Å²) in [6, 6.07) is 14.3. The van der Waals surface area contributed by atoms with Gasteiger partial charge in [0, 0.05) is 37.8 Å². The molecule has 0 bridgehead atoms. The lowest BCUT2D eigenvalue weighted by Crippen LogP contribution is -2.19. The second kappa shape index (κ2) is 31.3. The highest BCUT2D eigenvalue weighted by atomic mass is 32.2. The summed E-state index contributed by atoms with van der Waals surface area (Å²) in [4.78, 5) is 73.0. The molecule has 0 saturated heterocycles. The number of rotatable bonds is 20. The van der Waals surface area contributed by atoms with Gasteiger partial charge in [0.15, 0.2) is 40.8 Å². The molecule has 0 spiro atoms. The number of anilines is 6. The van der Waals surface area contributed by atoms with E-state index in [1.54, 1.807) is 40.8 Å². The Labute approximate surface area is 562 Å². The van der Waals surface area contributed by atoms with Crippen LogP contribution in [0.15, 0.2) is 79.8 Å². The number of nitriles is 1. The van der Waals surface area contributed by atoms with Crippen LogP contribution in [0.25, 0.3) is 40.2 Å². The molecule has 0 aromatic carbocycles. The summed E-state index contributed by atoms with van der Waals surface area (Å²) in [5.41, 5.74) is 4.57. The molecule has 0 radical (unpaired) electrons. The van der Waals surface area contributed by atoms with E-state index >= 15 is 0 Å². The van der Waals surface area contributed by atoms with Crippen LogP contribution in [0.4, 0.5) is 62.1 Å². The molecule has 9 heterocycles. The molecule has 0 saturated carbocycles. The average molecular weight is 1430 g/mol. The van der Waals surface area contributed by atoms with Crippen LogP contribution in [0.5, 0.6) is 0 Å². The van der Waals surface area contributed by atoms with Gasteiger partial charge in [-0.05, 0) is 102 Å². The van der Waals surface area contributed by atoms with Gasteiger partial charge >= 0.3 is 18.3 Å². The number of hydrogen-bond acceptors (Lipinski definition) is 26. The van der Waals surface area contributed by atoms with Gasteiger partial charge in [-0.1, -0.05) is 22.2 Å². The maximum Gasteiger partial charge on any atom is 0.413 e. The van der Waals surface area contributed by atoms with Crippen LogP contribution in [0.1, 0.15) is 94.7 Å². The average Bonchev–Trinajstić information content (AvgIpc) is 1.73. The topological polar surface area (TPSA) is 464 Å². The number of nitrogens with zero attached hydrogens (tertiary/aromatic N) is 16. The molecule has 9 aromatic heterocycles. The fraction of sp³-hybridized carbons (Fsp3) is 0.259. The molecule has 3 atom stereocenters. The molecule has 99 heavy (non-hydrogen) atoms. The van der Waals surface area contributed by atoms with Gasteiger partial charge in [0.1, 0.15) is 53.2 Å². The fourth-order valence-corrected chi connectivity index (χ4v) is 10.6. The Hall–Kier alpha value is -11.9. The van der Waals surface area contributed by atoms with Gasteiger partial charge in [-0.25, -0.2) is 91.8 Å². The maximum atomic E-state index is 13.6. The van der Waals surface area contributed by atoms with Gasteiger partial charge in [-0.3, -0.25) is 39.9 Å². The Morgan fingerprint density at radius 3 is 1.13 bits per heavy atom. The van der Waals surface area contributed by atoms with Gasteiger partial charge in [0.2, 0.25) is 30.1 Å². The highest BCUT2D eigenvalue weighted by molar-refractivity contribution is 7.92. The molecule has 0 aliphatic rings. The van der Waals surface area contributed by atoms with Crippen molar-refractivity contribution in [3.05, 3.63) is 148 Å². The quantitative estimate of drug-likeness (QED) is 0.0317. The molecule has 41 heteroatoms. The first-order valence-corrected chi connectivity index (χ1v) is 34.1. The van der Waals surface area contributed by atoms with Gasteiger partial charge in [0.25, 0.3) is 0 Å². The zero-order valence-corrected chi connectivity index (χ0v) is 56.8. The first-order valence-electron chi connectivity index (χ1n) is 28.4. The van der Waals surface area contributed by atoms with Crippen LogP contribution >= 0.6 is 0 Å². The molecule has 3 amide bonds. The number of ether oxygens (including phenoxy) is 3. The third-order valence-corrected chi connectivity index (χ3v) is 15.1. The smallest absolute Gasteiger partial charge is 0.413 e. The third-order valence-electron chi connectivity index (χ3n) is 13.3. The third kappa shape index (κ3) is 20.1. The number of carbonyl (C=O) groups excluding carboxylic acids is 4. The Morgan fingerprint density at radius 1 is 0.525 bits per heavy atom. The number of aromatic nitrogens is 15. The zero-order valence-electron chi connectivity index (χ0n) is 54.3. The van der Waals surface area contributed by atoms with Gasteiger partial charge in [0.05, 0.1) is 94.3 Å². The predicted molar refractivity (Wildman–Crippen MR) is 351 cm³/mol. The van der Waals surface area contributed by atoms with E-state index in [1.807, 2.05) is 6.07 Å². The fourth-order valence-electron chi connectivity index (χ4n) is 8.77. The van der Waals surface area contributed by atoms with Gasteiger partial charge in [-0.2, -0.15) is 5.26 Å². The summed E-state index contributed by atoms with van der Waals surface area (Å²) in [7, 11) is -5.81. The number of hydrogen-bond donors (Lipinski definition) is 6. The number of aryl methyl sites for hydroxylation is 6. The van der Waals surface area contributed by atoms with Gasteiger partial charge in [-0.15, -0.1) is 15.3 Å². The van der Waals surface area contributed by atoms with Crippen molar-refractivity contribution >= 4 is 95.2 Å². The summed E-state index contributed by atoms with van der Waals surface area (Å²) < 4.78 is 136. The molecular weight excluding hydrogens is 1370 g/mol. The van der Waals surface area contributed by atoms with Crippen LogP contribution in [0.2, 0.25) is 0 Å². The van der Waals surface area contributed by atoms with Crippen molar-refractivity contribution in [2.75, 3.05) is 48.9 Å². The predicted octanol–water partition coefficient (Wildman–Crippen LogP) is 7.53. The largest absolute Gasteiger partial charge is 0.441 e. The lowest BCUT2D eigenvalue weighted by atomic mass is 10.1. The van der Waals surface area contributed by atoms with Crippen molar-refractivity contribution in [3.8, 4) is 40.2 Å². The molecule has 0 unspecified atom stereocenters. The lowest BCUT2D eigenvalue weighted by Gasteiger charge is -2.16.